The van der Waals surface area contributed by atoms with Crippen molar-refractivity contribution < 1.29 is 66.8 Å². The fourth-order valence-electron chi connectivity index (χ4n) is 9.27. The van der Waals surface area contributed by atoms with Gasteiger partial charge < -0.3 is 36.5 Å². The molecule has 2 saturated carbocycles. The summed E-state index contributed by atoms with van der Waals surface area (Å²) in [5, 5.41) is 19.6. The number of aromatic nitrogens is 12. The van der Waals surface area contributed by atoms with Crippen LogP contribution in [0.1, 0.15) is 109 Å². The van der Waals surface area contributed by atoms with Gasteiger partial charge in [-0.3, -0.25) is 19.6 Å². The quantitative estimate of drug-likeness (QED) is 0.0462. The molecule has 0 saturated heterocycles. The Morgan fingerprint density at radius 3 is 1.35 bits per heavy atom. The van der Waals surface area contributed by atoms with Crippen molar-refractivity contribution in [3.8, 4) is 0 Å². The number of nitrogens with zero attached hydrogens (tertiary/aromatic N) is 11. The summed E-state index contributed by atoms with van der Waals surface area (Å²) in [6, 6.07) is 25.0. The van der Waals surface area contributed by atoms with E-state index in [1.54, 1.807) is 9.88 Å². The topological polar surface area (TPSA) is 300 Å². The molecule has 0 spiro atoms. The maximum absolute atomic E-state index is 13.1. The van der Waals surface area contributed by atoms with Gasteiger partial charge in [-0.1, -0.05) is 83.9 Å². The predicted octanol–water partition coefficient (Wildman–Crippen LogP) is 14.5. The zero-order valence-electron chi connectivity index (χ0n) is 48.5. The van der Waals surface area contributed by atoms with Gasteiger partial charge in [-0.15, -0.1) is 0 Å². The zero-order chi connectivity index (χ0) is 69.5. The van der Waals surface area contributed by atoms with Crippen LogP contribution in [-0.4, -0.2) is 94.2 Å². The number of nitrogens with two attached hydrogens (primary N) is 1. The number of alkyl halides is 12. The number of benzene rings is 2. The van der Waals surface area contributed by atoms with Crippen LogP contribution in [0.25, 0.3) is 0 Å². The molecule has 8 heterocycles. The van der Waals surface area contributed by atoms with Gasteiger partial charge in [0.25, 0.3) is 5.56 Å². The average Bonchev–Trinajstić information content (AvgIpc) is 1.60. The van der Waals surface area contributed by atoms with Gasteiger partial charge in [-0.2, -0.15) is 62.9 Å². The number of anilines is 3. The number of carbonyl (C=O) groups excluding carboxylic acids is 2. The minimum absolute atomic E-state index is 0.0315. The van der Waals surface area contributed by atoms with Gasteiger partial charge in [0.05, 0.1) is 35.6 Å². The van der Waals surface area contributed by atoms with Crippen LogP contribution in [0.4, 0.5) is 79.7 Å². The van der Waals surface area contributed by atoms with Crippen LogP contribution in [0.2, 0.25) is 10.3 Å². The van der Waals surface area contributed by atoms with Crippen molar-refractivity contribution in [3.63, 3.8) is 0 Å². The van der Waals surface area contributed by atoms with E-state index in [0.717, 1.165) is 60.6 Å². The summed E-state index contributed by atoms with van der Waals surface area (Å²) in [6.07, 6.45) is -12.6. The summed E-state index contributed by atoms with van der Waals surface area (Å²) < 4.78 is 154. The Hall–Kier alpha value is -8.04. The lowest BCUT2D eigenvalue weighted by Crippen LogP contribution is -2.47. The minimum Gasteiger partial charge on any atom is -0.382 e. The summed E-state index contributed by atoms with van der Waals surface area (Å²) in [6.45, 7) is 8.57. The van der Waals surface area contributed by atoms with Crippen LogP contribution < -0.4 is 27.2 Å². The summed E-state index contributed by atoms with van der Waals surface area (Å²) in [5.41, 5.74) is 9.75. The third kappa shape index (κ3) is 20.0. The van der Waals surface area contributed by atoms with Gasteiger partial charge in [0.15, 0.2) is 11.6 Å². The SMILES string of the molecule is CC1(C)c2[nH]nc(N)c2CN1C(=O)NC1C[C@@H]1c1ccccc1.CC1(C)c2[nH]nc(Nc3ccnc(C(F)(F)F)n3)c2CN1C(=O)NC1C[C@@H]1c1ccccc1.FC(F)(F)c1nccc(Cl)n1.FC(F)(F)c1nccc(Cl)n1.O=P(Cl)(Cl)Cl.O=c1ccnc(C(F)(F)F)[nH]1. The zero-order valence-corrected chi connectivity index (χ0v) is 53.2. The molecule has 2 unspecified atom stereocenters. The largest absolute Gasteiger partial charge is 0.451 e. The first-order valence-electron chi connectivity index (χ1n) is 26.9. The number of halogens is 17. The van der Waals surface area contributed by atoms with Gasteiger partial charge in [0, 0.05) is 65.9 Å². The molecule has 2 aliphatic heterocycles. The van der Waals surface area contributed by atoms with Crippen molar-refractivity contribution in [2.45, 2.75) is 113 Å². The molecule has 8 aromatic rings. The number of urea groups is 2. The van der Waals surface area contributed by atoms with Gasteiger partial charge in [0.2, 0.25) is 23.3 Å². The molecule has 2 fully saturated rings. The number of nitrogen functional groups attached to an aromatic ring is 1. The number of carbonyl (C=O) groups is 2. The fraction of sp³-hybridized carbons (Fsp3) is 0.333. The molecule has 94 heavy (non-hydrogen) atoms. The number of amides is 4. The lowest BCUT2D eigenvalue weighted by Gasteiger charge is -2.32. The van der Waals surface area contributed by atoms with Gasteiger partial charge in [-0.25, -0.2) is 44.5 Å². The molecule has 12 rings (SSSR count). The molecule has 0 bridgehead atoms. The number of H-pyrrole nitrogens is 3. The van der Waals surface area contributed by atoms with Crippen LogP contribution in [0, 0.1) is 0 Å². The van der Waals surface area contributed by atoms with Crippen molar-refractivity contribution in [2.75, 3.05) is 11.1 Å². The summed E-state index contributed by atoms with van der Waals surface area (Å²) in [5.74, 6) is -3.44. The number of hydrogen-bond acceptors (Lipinski definition) is 15. The molecule has 4 amide bonds. The van der Waals surface area contributed by atoms with E-state index in [1.165, 1.54) is 29.3 Å². The van der Waals surface area contributed by atoms with Gasteiger partial charge in [-0.05, 0) is 104 Å². The maximum Gasteiger partial charge on any atom is 0.451 e. The van der Waals surface area contributed by atoms with E-state index in [0.29, 0.717) is 35.6 Å². The van der Waals surface area contributed by atoms with E-state index in [2.05, 4.69) is 129 Å². The highest BCUT2D eigenvalue weighted by atomic mass is 36.0. The third-order valence-corrected chi connectivity index (χ3v) is 14.4. The van der Waals surface area contributed by atoms with E-state index < -0.39 is 69.8 Å². The van der Waals surface area contributed by atoms with E-state index in [1.807, 2.05) is 69.0 Å². The Bertz CT molecular complexity index is 3970. The maximum atomic E-state index is 13.1. The van der Waals surface area contributed by atoms with Crippen molar-refractivity contribution in [3.05, 3.63) is 187 Å². The van der Waals surface area contributed by atoms with Crippen LogP contribution in [0.15, 0.2) is 115 Å². The molecule has 2 aromatic carbocycles. The molecular weight excluding hydrogens is 1400 g/mol. The number of nitrogens with one attached hydrogen (secondary N) is 6. The molecule has 504 valence electrons. The second-order valence-corrected chi connectivity index (χ2v) is 28.7. The number of fused-ring (bicyclic) bond motifs is 2. The van der Waals surface area contributed by atoms with Crippen molar-refractivity contribution in [2.24, 2.45) is 0 Å². The Kier molecular flexibility index (Phi) is 22.9. The van der Waals surface area contributed by atoms with E-state index >= 15 is 0 Å². The van der Waals surface area contributed by atoms with E-state index in [-0.39, 0.29) is 46.8 Å². The van der Waals surface area contributed by atoms with Gasteiger partial charge in [0.1, 0.15) is 16.1 Å². The first-order valence-corrected chi connectivity index (χ1v) is 32.1. The molecule has 4 aliphatic rings. The molecule has 4 atom stereocenters. The van der Waals surface area contributed by atoms with Gasteiger partial charge >= 0.3 is 42.0 Å². The van der Waals surface area contributed by atoms with Crippen LogP contribution in [0.5, 0.6) is 0 Å². The van der Waals surface area contributed by atoms with E-state index in [4.69, 9.17) is 28.9 Å². The lowest BCUT2D eigenvalue weighted by molar-refractivity contribution is -0.145. The van der Waals surface area contributed by atoms with Crippen molar-refractivity contribution >= 4 is 91.6 Å². The summed E-state index contributed by atoms with van der Waals surface area (Å²) in [4.78, 5) is 62.9. The first kappa shape index (κ1) is 73.4. The molecule has 22 nitrogen and oxygen atoms in total. The van der Waals surface area contributed by atoms with Crippen LogP contribution in [-0.2, 0) is 53.4 Å². The second kappa shape index (κ2) is 29.3. The fourth-order valence-corrected chi connectivity index (χ4v) is 9.55. The first-order chi connectivity index (χ1) is 43.6. The molecule has 40 heteroatoms. The second-order valence-electron chi connectivity index (χ2n) is 21.3. The van der Waals surface area contributed by atoms with Crippen molar-refractivity contribution in [1.82, 2.24) is 80.7 Å². The standard InChI is InChI=1S/C22H22F3N7O.C17H21N5O.2C5H2ClF3N2.C5H3F3N2O.Cl3OP/c1-21(2)17-14(18(31-30-17)28-16-8-9-26-19(29-16)22(23,24)25)11-32(21)20(33)27-15-10-13(15)12-6-4-3-5-7-12;1-17(2)14-12(15(18)21-20-14)9-22(17)16(23)19-13-8-11(13)10-6-4-3-5-7-10;2*6-3-1-2-10-4(11-3)5(7,8)9;6-5(7,8)4-9-2-1-3(11)10-4;1-5(2,3)4/h3-9,13,15H,10-11H2,1-2H3,(H,27,33)(H2,26,28,29,30,31);3-7,11,13H,8-9H2,1-2H3,(H,19,23)(H3,18,20,21);2*1-2H;1-2H,(H,9,10,11);/t13-,15?;11-,13?;;;;/m11..../s1. The van der Waals surface area contributed by atoms with E-state index in [9.17, 15) is 71.6 Å². The van der Waals surface area contributed by atoms with Crippen LogP contribution in [0.3, 0.4) is 0 Å². The van der Waals surface area contributed by atoms with Crippen molar-refractivity contribution in [1.29, 1.82) is 0 Å². The Balaban J connectivity index is 0.000000177. The highest BCUT2D eigenvalue weighted by Gasteiger charge is 2.49. The molecular formula is C54H50Cl5F12N18O4P. The summed E-state index contributed by atoms with van der Waals surface area (Å²) >= 11 is 24.2. The smallest absolute Gasteiger partial charge is 0.382 e. The molecule has 0 radical (unpaired) electrons. The Morgan fingerprint density at radius 2 is 0.968 bits per heavy atom. The molecule has 6 aromatic heterocycles. The predicted molar refractivity (Wildman–Crippen MR) is 320 cm³/mol. The Labute approximate surface area is 548 Å². The number of rotatable bonds is 6. The third-order valence-electron chi connectivity index (χ3n) is 14.0. The Morgan fingerprint density at radius 1 is 0.574 bits per heavy atom. The highest BCUT2D eigenvalue weighted by Crippen LogP contribution is 2.61. The van der Waals surface area contributed by atoms with Crippen LogP contribution >= 0.6 is 62.1 Å². The number of hydrogen-bond donors (Lipinski definition) is 7. The summed E-state index contributed by atoms with van der Waals surface area (Å²) in [7, 11) is 0. The molecule has 8 N–H and O–H groups in total. The lowest BCUT2D eigenvalue weighted by atomic mass is 10.0. The average molecular weight is 1450 g/mol. The monoisotopic (exact) mass is 1450 g/mol. The highest BCUT2D eigenvalue weighted by molar-refractivity contribution is 8.24. The molecule has 2 aliphatic carbocycles. The minimum atomic E-state index is -4.65. The number of aromatic amines is 3. The normalized spacial score (nSPS) is 18.0.